The summed E-state index contributed by atoms with van der Waals surface area (Å²) in [5.41, 5.74) is 5.10. The van der Waals surface area contributed by atoms with Gasteiger partial charge in [0.2, 0.25) is 0 Å². The Bertz CT molecular complexity index is 1850. The first-order valence-corrected chi connectivity index (χ1v) is 13.1. The molecule has 6 aromatic rings. The summed E-state index contributed by atoms with van der Waals surface area (Å²) in [4.78, 5) is 45.5. The highest BCUT2D eigenvalue weighted by Crippen LogP contribution is 2.31. The lowest BCUT2D eigenvalue weighted by Crippen LogP contribution is -2.02. The molecule has 41 heavy (non-hydrogen) atoms. The third kappa shape index (κ3) is 5.67. The molecule has 4 aromatic heterocycles. The molecule has 0 atom stereocenters. The summed E-state index contributed by atoms with van der Waals surface area (Å²) in [6.45, 7) is 9.30. The van der Waals surface area contributed by atoms with Gasteiger partial charge in [0.15, 0.2) is 23.3 Å². The Kier molecular flexibility index (Phi) is 6.72. The minimum absolute atomic E-state index is 0.543. The summed E-state index contributed by atoms with van der Waals surface area (Å²) >= 11 is 0. The van der Waals surface area contributed by atoms with E-state index in [9.17, 15) is 0 Å². The first-order valence-electron chi connectivity index (χ1n) is 13.1. The number of hydrogen-bond donors (Lipinski definition) is 0. The molecule has 0 N–H and O–H groups in total. The molecule has 2 aromatic carbocycles. The molecule has 0 aliphatic heterocycles. The Labute approximate surface area is 237 Å². The number of benzene rings is 2. The van der Waals surface area contributed by atoms with Crippen molar-refractivity contribution in [3.8, 4) is 56.8 Å². The lowest BCUT2D eigenvalue weighted by atomic mass is 10.0. The predicted octanol–water partition coefficient (Wildman–Crippen LogP) is 5.51. The standard InChI is InChI=1S/C31H26N10/c1-17-33-18(2)36-28(35-17)22-9-11-23(12-10-22)29-39-21(5)40-31(41-29)26-15-24(27-8-6-7-13-32-27)14-25(16-26)30-37-19(3)34-20(4)38-30/h6-16H,1-5H3. The van der Waals surface area contributed by atoms with Gasteiger partial charge < -0.3 is 0 Å². The van der Waals surface area contributed by atoms with E-state index in [1.807, 2.05) is 95.3 Å². The van der Waals surface area contributed by atoms with Gasteiger partial charge in [-0.1, -0.05) is 30.3 Å². The molecule has 200 valence electrons. The summed E-state index contributed by atoms with van der Waals surface area (Å²) in [5.74, 6) is 5.61. The molecule has 0 radical (unpaired) electrons. The average Bonchev–Trinajstić information content (AvgIpc) is 2.96. The van der Waals surface area contributed by atoms with Crippen molar-refractivity contribution in [1.82, 2.24) is 49.8 Å². The van der Waals surface area contributed by atoms with E-state index < -0.39 is 0 Å². The first kappa shape index (κ1) is 25.9. The molecule has 0 saturated heterocycles. The minimum atomic E-state index is 0.543. The predicted molar refractivity (Wildman–Crippen MR) is 155 cm³/mol. The SMILES string of the molecule is Cc1nc(C)nc(-c2ccc(-c3nc(C)nc(-c4cc(-c5ccccn5)cc(-c5nc(C)nc(C)n5)c4)n3)cc2)n1. The second kappa shape index (κ2) is 10.6. The molecule has 10 heteroatoms. The molecule has 0 fully saturated rings. The first-order chi connectivity index (χ1) is 19.8. The Morgan fingerprint density at radius 1 is 0.366 bits per heavy atom. The highest BCUT2D eigenvalue weighted by atomic mass is 15.0. The number of pyridine rings is 1. The molecular weight excluding hydrogens is 512 g/mol. The third-order valence-corrected chi connectivity index (χ3v) is 6.28. The number of rotatable bonds is 5. The van der Waals surface area contributed by atoms with E-state index in [2.05, 4.69) is 39.9 Å². The van der Waals surface area contributed by atoms with Crippen LogP contribution >= 0.6 is 0 Å². The lowest BCUT2D eigenvalue weighted by molar-refractivity contribution is 0.928. The van der Waals surface area contributed by atoms with Gasteiger partial charge in [0.05, 0.1) is 5.69 Å². The fourth-order valence-corrected chi connectivity index (χ4v) is 4.57. The molecular formula is C31H26N10. The van der Waals surface area contributed by atoms with Crippen molar-refractivity contribution >= 4 is 0 Å². The van der Waals surface area contributed by atoms with Crippen LogP contribution in [0.25, 0.3) is 56.8 Å². The normalized spacial score (nSPS) is 11.0. The Balaban J connectivity index is 1.44. The van der Waals surface area contributed by atoms with Crippen LogP contribution in [0.4, 0.5) is 0 Å². The van der Waals surface area contributed by atoms with E-state index in [4.69, 9.17) is 9.97 Å². The smallest absolute Gasteiger partial charge is 0.163 e. The molecule has 0 aliphatic carbocycles. The molecule has 10 nitrogen and oxygen atoms in total. The van der Waals surface area contributed by atoms with Crippen LogP contribution in [-0.2, 0) is 0 Å². The zero-order valence-corrected chi connectivity index (χ0v) is 23.3. The Morgan fingerprint density at radius 3 is 1.22 bits per heavy atom. The number of aromatic nitrogens is 10. The quantitative estimate of drug-likeness (QED) is 0.277. The van der Waals surface area contributed by atoms with Gasteiger partial charge >= 0.3 is 0 Å². The van der Waals surface area contributed by atoms with Crippen LogP contribution in [0.3, 0.4) is 0 Å². The van der Waals surface area contributed by atoms with Gasteiger partial charge in [-0.05, 0) is 65.0 Å². The van der Waals surface area contributed by atoms with Crippen molar-refractivity contribution in [2.24, 2.45) is 0 Å². The molecule has 0 aliphatic rings. The van der Waals surface area contributed by atoms with E-state index >= 15 is 0 Å². The van der Waals surface area contributed by atoms with E-state index in [0.717, 1.165) is 33.5 Å². The highest BCUT2D eigenvalue weighted by Gasteiger charge is 2.15. The highest BCUT2D eigenvalue weighted by molar-refractivity contribution is 5.76. The second-order valence-corrected chi connectivity index (χ2v) is 9.63. The minimum Gasteiger partial charge on any atom is -0.256 e. The van der Waals surface area contributed by atoms with Gasteiger partial charge in [-0.3, -0.25) is 4.98 Å². The van der Waals surface area contributed by atoms with Crippen LogP contribution < -0.4 is 0 Å². The van der Waals surface area contributed by atoms with Crippen molar-refractivity contribution in [3.05, 3.63) is 96.0 Å². The van der Waals surface area contributed by atoms with Gasteiger partial charge in [-0.2, -0.15) is 0 Å². The average molecular weight is 539 g/mol. The van der Waals surface area contributed by atoms with Crippen LogP contribution in [0.2, 0.25) is 0 Å². The van der Waals surface area contributed by atoms with Crippen molar-refractivity contribution in [1.29, 1.82) is 0 Å². The maximum absolute atomic E-state index is 4.87. The van der Waals surface area contributed by atoms with Gasteiger partial charge in [-0.25, -0.2) is 44.9 Å². The van der Waals surface area contributed by atoms with Crippen molar-refractivity contribution in [2.45, 2.75) is 34.6 Å². The third-order valence-electron chi connectivity index (χ3n) is 6.28. The Hall–Kier alpha value is -5.38. The van der Waals surface area contributed by atoms with Gasteiger partial charge in [0, 0.05) is 34.0 Å². The zero-order chi connectivity index (χ0) is 28.5. The molecule has 4 heterocycles. The summed E-state index contributed by atoms with van der Waals surface area (Å²) in [7, 11) is 0. The number of hydrogen-bond acceptors (Lipinski definition) is 10. The van der Waals surface area contributed by atoms with Gasteiger partial charge in [-0.15, -0.1) is 0 Å². The van der Waals surface area contributed by atoms with Gasteiger partial charge in [0.25, 0.3) is 0 Å². The van der Waals surface area contributed by atoms with Crippen LogP contribution in [0.5, 0.6) is 0 Å². The maximum atomic E-state index is 4.87. The molecule has 0 saturated carbocycles. The molecule has 0 bridgehead atoms. The summed E-state index contributed by atoms with van der Waals surface area (Å²) < 4.78 is 0. The molecule has 0 amide bonds. The molecule has 0 spiro atoms. The van der Waals surface area contributed by atoms with E-state index in [0.29, 0.717) is 52.4 Å². The topological polar surface area (TPSA) is 129 Å². The Morgan fingerprint density at radius 2 is 0.756 bits per heavy atom. The van der Waals surface area contributed by atoms with Crippen LogP contribution in [-0.4, -0.2) is 49.8 Å². The largest absolute Gasteiger partial charge is 0.256 e. The number of nitrogens with zero attached hydrogens (tertiary/aromatic N) is 10. The summed E-state index contributed by atoms with van der Waals surface area (Å²) in [6, 6.07) is 19.7. The van der Waals surface area contributed by atoms with Crippen LogP contribution in [0.1, 0.15) is 29.1 Å². The van der Waals surface area contributed by atoms with Gasteiger partial charge in [0.1, 0.15) is 29.1 Å². The van der Waals surface area contributed by atoms with Crippen LogP contribution in [0.15, 0.2) is 66.9 Å². The zero-order valence-electron chi connectivity index (χ0n) is 23.3. The fourth-order valence-electron chi connectivity index (χ4n) is 4.57. The van der Waals surface area contributed by atoms with Crippen molar-refractivity contribution in [3.63, 3.8) is 0 Å². The summed E-state index contributed by atoms with van der Waals surface area (Å²) in [5, 5.41) is 0. The second-order valence-electron chi connectivity index (χ2n) is 9.63. The van der Waals surface area contributed by atoms with Crippen LogP contribution in [0, 0.1) is 34.6 Å². The van der Waals surface area contributed by atoms with E-state index in [-0.39, 0.29) is 0 Å². The van der Waals surface area contributed by atoms with E-state index in [1.165, 1.54) is 0 Å². The maximum Gasteiger partial charge on any atom is 0.163 e. The fraction of sp³-hybridized carbons (Fsp3) is 0.161. The molecule has 0 unspecified atom stereocenters. The lowest BCUT2D eigenvalue weighted by Gasteiger charge is -2.11. The van der Waals surface area contributed by atoms with Crippen molar-refractivity contribution in [2.75, 3.05) is 0 Å². The number of aryl methyl sites for hydroxylation is 5. The van der Waals surface area contributed by atoms with E-state index in [1.54, 1.807) is 6.20 Å². The summed E-state index contributed by atoms with van der Waals surface area (Å²) in [6.07, 6.45) is 1.77. The monoisotopic (exact) mass is 538 g/mol. The van der Waals surface area contributed by atoms with Crippen molar-refractivity contribution < 1.29 is 0 Å². The molecule has 6 rings (SSSR count).